The van der Waals surface area contributed by atoms with Crippen molar-refractivity contribution in [3.63, 3.8) is 0 Å². The van der Waals surface area contributed by atoms with E-state index in [9.17, 15) is 4.79 Å². The first-order valence-electron chi connectivity index (χ1n) is 11.7. The summed E-state index contributed by atoms with van der Waals surface area (Å²) in [6, 6.07) is 32.5. The zero-order valence-corrected chi connectivity index (χ0v) is 20.4. The molecule has 0 bridgehead atoms. The predicted octanol–water partition coefficient (Wildman–Crippen LogP) is 6.18. The predicted molar refractivity (Wildman–Crippen MR) is 143 cm³/mol. The highest BCUT2D eigenvalue weighted by Crippen LogP contribution is 2.51. The smallest absolute Gasteiger partial charge is 0.279 e. The highest BCUT2D eigenvalue weighted by Gasteiger charge is 2.56. The van der Waals surface area contributed by atoms with Crippen molar-refractivity contribution in [1.29, 1.82) is 0 Å². The summed E-state index contributed by atoms with van der Waals surface area (Å²) in [4.78, 5) is 21.5. The van der Waals surface area contributed by atoms with Crippen molar-refractivity contribution in [2.45, 2.75) is 12.1 Å². The molecule has 1 aromatic heterocycles. The Balaban J connectivity index is 1.47. The number of nitrogens with one attached hydrogen (secondary N) is 1. The molecule has 1 spiro atoms. The molecule has 0 saturated carbocycles. The van der Waals surface area contributed by atoms with Gasteiger partial charge in [-0.05, 0) is 54.4 Å². The van der Waals surface area contributed by atoms with Crippen LogP contribution in [0.2, 0.25) is 0 Å². The standard InChI is InChI=1S/C29H21BrN4O/c30-20-14-15-25-22(18-20)29(28(35)33(25)17-16-19-8-2-1-3-9-19)32-23-11-5-4-10-21(23)27-31-24-12-6-7-13-26(24)34(27)29/h1-15,18,32H,16-17H2. The lowest BCUT2D eigenvalue weighted by Crippen LogP contribution is -2.53. The maximum Gasteiger partial charge on any atom is 0.279 e. The summed E-state index contributed by atoms with van der Waals surface area (Å²) in [6.45, 7) is 0.588. The van der Waals surface area contributed by atoms with Gasteiger partial charge in [0.2, 0.25) is 5.66 Å². The first kappa shape index (κ1) is 20.5. The van der Waals surface area contributed by atoms with E-state index in [1.54, 1.807) is 0 Å². The number of hydrogen-bond donors (Lipinski definition) is 1. The average Bonchev–Trinajstić information content (AvgIpc) is 3.39. The molecule has 5 nitrogen and oxygen atoms in total. The maximum atomic E-state index is 14.6. The third-order valence-corrected chi connectivity index (χ3v) is 7.53. The normalized spacial score (nSPS) is 17.9. The van der Waals surface area contributed by atoms with E-state index in [0.717, 1.165) is 50.3 Å². The SMILES string of the molecule is O=C1N(CCc2ccccc2)c2ccc(Br)cc2C12Nc1ccccc1-c1nc3ccccc3n12. The van der Waals surface area contributed by atoms with Crippen LogP contribution in [0.4, 0.5) is 11.4 Å². The van der Waals surface area contributed by atoms with Gasteiger partial charge in [0.15, 0.2) is 0 Å². The highest BCUT2D eigenvalue weighted by molar-refractivity contribution is 9.10. The Morgan fingerprint density at radius 3 is 2.54 bits per heavy atom. The molecule has 6 heteroatoms. The van der Waals surface area contributed by atoms with E-state index in [4.69, 9.17) is 4.98 Å². The number of halogens is 1. The fourth-order valence-corrected chi connectivity index (χ4v) is 5.84. The van der Waals surface area contributed by atoms with Crippen LogP contribution in [-0.4, -0.2) is 22.0 Å². The number of hydrogen-bond acceptors (Lipinski definition) is 3. The Morgan fingerprint density at radius 2 is 1.66 bits per heavy atom. The van der Waals surface area contributed by atoms with Crippen molar-refractivity contribution in [3.05, 3.63) is 113 Å². The van der Waals surface area contributed by atoms with E-state index in [0.29, 0.717) is 6.54 Å². The van der Waals surface area contributed by atoms with Gasteiger partial charge >= 0.3 is 0 Å². The van der Waals surface area contributed by atoms with Crippen LogP contribution in [0.1, 0.15) is 11.1 Å². The Bertz CT molecular complexity index is 1630. The number of imidazole rings is 1. The van der Waals surface area contributed by atoms with Crippen LogP contribution in [0.5, 0.6) is 0 Å². The zero-order chi connectivity index (χ0) is 23.6. The van der Waals surface area contributed by atoms with E-state index in [-0.39, 0.29) is 5.91 Å². The van der Waals surface area contributed by atoms with Gasteiger partial charge in [0.05, 0.1) is 16.7 Å². The first-order chi connectivity index (χ1) is 17.2. The Morgan fingerprint density at radius 1 is 0.886 bits per heavy atom. The van der Waals surface area contributed by atoms with Gasteiger partial charge in [0, 0.05) is 27.8 Å². The molecule has 3 heterocycles. The summed E-state index contributed by atoms with van der Waals surface area (Å²) >= 11 is 3.66. The van der Waals surface area contributed by atoms with E-state index >= 15 is 0 Å². The van der Waals surface area contributed by atoms with Crippen molar-refractivity contribution in [2.75, 3.05) is 16.8 Å². The molecule has 1 atom stereocenters. The number of carbonyl (C=O) groups excluding carboxylic acids is 1. The minimum atomic E-state index is -1.13. The Labute approximate surface area is 211 Å². The van der Waals surface area contributed by atoms with Crippen molar-refractivity contribution < 1.29 is 4.79 Å². The summed E-state index contributed by atoms with van der Waals surface area (Å²) in [7, 11) is 0. The Kier molecular flexibility index (Phi) is 4.42. The minimum absolute atomic E-state index is 0.000405. The number of amides is 1. The van der Waals surface area contributed by atoms with Crippen LogP contribution in [0, 0.1) is 0 Å². The maximum absolute atomic E-state index is 14.6. The van der Waals surface area contributed by atoms with Gasteiger partial charge in [0.1, 0.15) is 5.82 Å². The van der Waals surface area contributed by atoms with E-state index in [1.165, 1.54) is 5.56 Å². The first-order valence-corrected chi connectivity index (χ1v) is 12.5. The van der Waals surface area contributed by atoms with E-state index < -0.39 is 5.66 Å². The minimum Gasteiger partial charge on any atom is -0.350 e. The lowest BCUT2D eigenvalue weighted by atomic mass is 9.95. The van der Waals surface area contributed by atoms with Crippen molar-refractivity contribution in [3.8, 4) is 11.4 Å². The molecule has 1 amide bonds. The molecule has 7 rings (SSSR count). The molecule has 0 aliphatic carbocycles. The zero-order valence-electron chi connectivity index (χ0n) is 18.8. The summed E-state index contributed by atoms with van der Waals surface area (Å²) in [6.07, 6.45) is 0.770. The number of para-hydroxylation sites is 3. The molecular weight excluding hydrogens is 500 g/mol. The fourth-order valence-electron chi connectivity index (χ4n) is 5.48. The molecule has 35 heavy (non-hydrogen) atoms. The van der Waals surface area contributed by atoms with Crippen molar-refractivity contribution in [2.24, 2.45) is 0 Å². The quantitative estimate of drug-likeness (QED) is 0.309. The van der Waals surface area contributed by atoms with Gasteiger partial charge in [-0.1, -0.05) is 70.5 Å². The molecule has 4 aromatic carbocycles. The molecule has 0 radical (unpaired) electrons. The topological polar surface area (TPSA) is 50.2 Å². The second kappa shape index (κ2) is 7.55. The number of carbonyl (C=O) groups is 1. The number of benzene rings is 4. The van der Waals surface area contributed by atoms with E-state index in [1.807, 2.05) is 77.7 Å². The molecule has 0 fully saturated rings. The average molecular weight is 521 g/mol. The molecule has 2 aliphatic heterocycles. The number of anilines is 2. The van der Waals surface area contributed by atoms with Gasteiger partial charge in [-0.3, -0.25) is 9.36 Å². The van der Waals surface area contributed by atoms with Gasteiger partial charge in [-0.15, -0.1) is 0 Å². The van der Waals surface area contributed by atoms with Crippen LogP contribution in [0.25, 0.3) is 22.4 Å². The second-order valence-electron chi connectivity index (χ2n) is 8.99. The highest BCUT2D eigenvalue weighted by atomic mass is 79.9. The van der Waals surface area contributed by atoms with Crippen molar-refractivity contribution >= 4 is 44.2 Å². The third kappa shape index (κ3) is 2.86. The summed E-state index contributed by atoms with van der Waals surface area (Å²) < 4.78 is 3.03. The van der Waals surface area contributed by atoms with Gasteiger partial charge in [-0.25, -0.2) is 4.98 Å². The number of fused-ring (bicyclic) bond motifs is 8. The molecule has 170 valence electrons. The number of nitrogens with zero attached hydrogens (tertiary/aromatic N) is 3. The lowest BCUT2D eigenvalue weighted by Gasteiger charge is -2.38. The molecule has 1 N–H and O–H groups in total. The van der Waals surface area contributed by atoms with Crippen LogP contribution >= 0.6 is 15.9 Å². The van der Waals surface area contributed by atoms with Gasteiger partial charge in [-0.2, -0.15) is 0 Å². The number of rotatable bonds is 3. The molecule has 0 saturated heterocycles. The van der Waals surface area contributed by atoms with Crippen LogP contribution < -0.4 is 10.2 Å². The lowest BCUT2D eigenvalue weighted by molar-refractivity contribution is -0.123. The molecule has 1 unspecified atom stereocenters. The van der Waals surface area contributed by atoms with Crippen LogP contribution in [0.15, 0.2) is 102 Å². The van der Waals surface area contributed by atoms with Gasteiger partial charge in [0.25, 0.3) is 5.91 Å². The summed E-state index contributed by atoms with van der Waals surface area (Å²) in [5, 5.41) is 3.68. The Hall–Kier alpha value is -3.90. The monoisotopic (exact) mass is 520 g/mol. The van der Waals surface area contributed by atoms with Gasteiger partial charge < -0.3 is 10.2 Å². The fraction of sp³-hybridized carbons (Fsp3) is 0.103. The largest absolute Gasteiger partial charge is 0.350 e. The van der Waals surface area contributed by atoms with E-state index in [2.05, 4.69) is 50.1 Å². The molecule has 2 aliphatic rings. The molecule has 5 aromatic rings. The second-order valence-corrected chi connectivity index (χ2v) is 9.91. The third-order valence-electron chi connectivity index (χ3n) is 7.04. The number of aromatic nitrogens is 2. The van der Waals surface area contributed by atoms with Crippen molar-refractivity contribution in [1.82, 2.24) is 9.55 Å². The summed E-state index contributed by atoms with van der Waals surface area (Å²) in [5.41, 5.74) is 5.60. The van der Waals surface area contributed by atoms with Crippen LogP contribution in [-0.2, 0) is 16.9 Å². The van der Waals surface area contributed by atoms with Crippen LogP contribution in [0.3, 0.4) is 0 Å². The summed E-state index contributed by atoms with van der Waals surface area (Å²) in [5.74, 6) is 0.796. The molecular formula is C29H21BrN4O.